The number of hydrogen-bond acceptors (Lipinski definition) is 4. The van der Waals surface area contributed by atoms with Gasteiger partial charge in [-0.3, -0.25) is 10.2 Å². The smallest absolute Gasteiger partial charge is 0.104 e. The molecule has 108 valence electrons. The first kappa shape index (κ1) is 14.8. The molecule has 0 amide bonds. The largest absolute Gasteiger partial charge is 0.378 e. The maximum atomic E-state index is 9.36. The Morgan fingerprint density at radius 1 is 1.47 bits per heavy atom. The van der Waals surface area contributed by atoms with E-state index in [0.29, 0.717) is 6.04 Å². The van der Waals surface area contributed by atoms with Crippen LogP contribution in [0, 0.1) is 11.3 Å². The minimum absolute atomic E-state index is 0.130. The Balaban J connectivity index is 1.76. The van der Waals surface area contributed by atoms with Gasteiger partial charge in [0.25, 0.3) is 0 Å². The third-order valence-corrected chi connectivity index (χ3v) is 4.27. The molecule has 1 N–H and O–H groups in total. The average molecular weight is 265 g/mol. The predicted octanol–water partition coefficient (Wildman–Crippen LogP) is 1.91. The number of hydrogen-bond donors (Lipinski definition) is 1. The molecule has 1 unspecified atom stereocenters. The standard InChI is InChI=1S/C15H27N3O/c1-14(2)12-19-10-9-18(14)8-4-7-15(3,11-16)17-13-5-6-13/h13,17H,4-10,12H2,1-3H3. The van der Waals surface area contributed by atoms with E-state index < -0.39 is 0 Å². The van der Waals surface area contributed by atoms with Crippen molar-refractivity contribution in [2.75, 3.05) is 26.3 Å². The van der Waals surface area contributed by atoms with Gasteiger partial charge in [0.1, 0.15) is 5.54 Å². The van der Waals surface area contributed by atoms with E-state index in [4.69, 9.17) is 4.74 Å². The van der Waals surface area contributed by atoms with Crippen molar-refractivity contribution in [2.24, 2.45) is 0 Å². The van der Waals surface area contributed by atoms with Crippen molar-refractivity contribution in [3.63, 3.8) is 0 Å². The Morgan fingerprint density at radius 2 is 2.21 bits per heavy atom. The summed E-state index contributed by atoms with van der Waals surface area (Å²) in [6.07, 6.45) is 4.45. The maximum Gasteiger partial charge on any atom is 0.104 e. The molecule has 0 radical (unpaired) electrons. The third kappa shape index (κ3) is 4.17. The summed E-state index contributed by atoms with van der Waals surface area (Å²) in [4.78, 5) is 2.49. The second-order valence-corrected chi connectivity index (χ2v) is 6.82. The zero-order chi connectivity index (χ0) is 13.9. The van der Waals surface area contributed by atoms with Gasteiger partial charge in [-0.1, -0.05) is 0 Å². The average Bonchev–Trinajstić information content (AvgIpc) is 3.15. The van der Waals surface area contributed by atoms with Crippen LogP contribution in [0.25, 0.3) is 0 Å². The fourth-order valence-electron chi connectivity index (χ4n) is 2.77. The normalized spacial score (nSPS) is 26.6. The summed E-state index contributed by atoms with van der Waals surface area (Å²) in [5.41, 5.74) is -0.219. The molecular formula is C15H27N3O. The van der Waals surface area contributed by atoms with Crippen LogP contribution in [-0.2, 0) is 4.74 Å². The lowest BCUT2D eigenvalue weighted by atomic mass is 9.95. The molecule has 1 atom stereocenters. The van der Waals surface area contributed by atoms with Crippen molar-refractivity contribution in [1.82, 2.24) is 10.2 Å². The molecule has 0 aromatic heterocycles. The van der Waals surface area contributed by atoms with E-state index in [1.54, 1.807) is 0 Å². The molecule has 1 aliphatic carbocycles. The second-order valence-electron chi connectivity index (χ2n) is 6.82. The lowest BCUT2D eigenvalue weighted by Crippen LogP contribution is -2.53. The minimum Gasteiger partial charge on any atom is -0.378 e. The summed E-state index contributed by atoms with van der Waals surface area (Å²) in [5.74, 6) is 0. The molecule has 4 nitrogen and oxygen atoms in total. The number of nitrogens with zero attached hydrogens (tertiary/aromatic N) is 2. The highest BCUT2D eigenvalue weighted by Crippen LogP contribution is 2.25. The van der Waals surface area contributed by atoms with E-state index in [1.165, 1.54) is 12.8 Å². The van der Waals surface area contributed by atoms with E-state index in [2.05, 4.69) is 30.1 Å². The predicted molar refractivity (Wildman–Crippen MR) is 75.9 cm³/mol. The zero-order valence-electron chi connectivity index (χ0n) is 12.5. The quantitative estimate of drug-likeness (QED) is 0.797. The van der Waals surface area contributed by atoms with E-state index in [9.17, 15) is 5.26 Å². The van der Waals surface area contributed by atoms with Gasteiger partial charge in [-0.2, -0.15) is 5.26 Å². The van der Waals surface area contributed by atoms with Gasteiger partial charge in [0.2, 0.25) is 0 Å². The van der Waals surface area contributed by atoms with E-state index >= 15 is 0 Å². The van der Waals surface area contributed by atoms with Gasteiger partial charge in [-0.15, -0.1) is 0 Å². The van der Waals surface area contributed by atoms with Crippen molar-refractivity contribution in [3.8, 4) is 6.07 Å². The molecule has 0 aromatic carbocycles. The molecule has 19 heavy (non-hydrogen) atoms. The van der Waals surface area contributed by atoms with Crippen molar-refractivity contribution in [2.45, 2.75) is 63.6 Å². The number of nitrogens with one attached hydrogen (secondary N) is 1. The van der Waals surface area contributed by atoms with Gasteiger partial charge in [0, 0.05) is 18.1 Å². The topological polar surface area (TPSA) is 48.3 Å². The lowest BCUT2D eigenvalue weighted by molar-refractivity contribution is -0.0517. The van der Waals surface area contributed by atoms with Gasteiger partial charge >= 0.3 is 0 Å². The molecule has 0 aromatic rings. The highest BCUT2D eigenvalue weighted by atomic mass is 16.5. The Hall–Kier alpha value is -0.630. The summed E-state index contributed by atoms with van der Waals surface area (Å²) in [6, 6.07) is 3.04. The third-order valence-electron chi connectivity index (χ3n) is 4.27. The van der Waals surface area contributed by atoms with Gasteiger partial charge in [-0.25, -0.2) is 0 Å². The zero-order valence-corrected chi connectivity index (χ0v) is 12.5. The Kier molecular flexibility index (Phi) is 4.50. The van der Waals surface area contributed by atoms with Crippen LogP contribution < -0.4 is 5.32 Å². The van der Waals surface area contributed by atoms with E-state index in [0.717, 1.165) is 39.1 Å². The first-order valence-corrected chi connectivity index (χ1v) is 7.47. The van der Waals surface area contributed by atoms with Crippen molar-refractivity contribution in [3.05, 3.63) is 0 Å². The monoisotopic (exact) mass is 265 g/mol. The van der Waals surface area contributed by atoms with Gasteiger partial charge < -0.3 is 4.74 Å². The molecule has 2 rings (SSSR count). The first-order valence-electron chi connectivity index (χ1n) is 7.47. The van der Waals surface area contributed by atoms with Crippen LogP contribution in [0.4, 0.5) is 0 Å². The Bertz CT molecular complexity index is 346. The highest BCUT2D eigenvalue weighted by molar-refractivity contribution is 5.07. The molecule has 4 heteroatoms. The fraction of sp³-hybridized carbons (Fsp3) is 0.933. The molecule has 1 aliphatic heterocycles. The molecule has 0 bridgehead atoms. The summed E-state index contributed by atoms with van der Waals surface area (Å²) >= 11 is 0. The van der Waals surface area contributed by atoms with Crippen molar-refractivity contribution < 1.29 is 4.74 Å². The van der Waals surface area contributed by atoms with Crippen LogP contribution in [0.3, 0.4) is 0 Å². The van der Waals surface area contributed by atoms with Crippen molar-refractivity contribution >= 4 is 0 Å². The SMILES string of the molecule is CC(C#N)(CCCN1CCOCC1(C)C)NC1CC1. The highest BCUT2D eigenvalue weighted by Gasteiger charge is 2.33. The van der Waals surface area contributed by atoms with Crippen LogP contribution in [0.2, 0.25) is 0 Å². The Morgan fingerprint density at radius 3 is 2.79 bits per heavy atom. The number of morpholine rings is 1. The van der Waals surface area contributed by atoms with Crippen LogP contribution >= 0.6 is 0 Å². The molecule has 1 saturated heterocycles. The maximum absolute atomic E-state index is 9.36. The second kappa shape index (κ2) is 5.78. The minimum atomic E-state index is -0.350. The van der Waals surface area contributed by atoms with Crippen molar-refractivity contribution in [1.29, 1.82) is 5.26 Å². The summed E-state index contributed by atoms with van der Waals surface area (Å²) in [6.45, 7) is 10.2. The first-order chi connectivity index (χ1) is 8.95. The number of nitriles is 1. The van der Waals surface area contributed by atoms with Crippen LogP contribution in [0.1, 0.15) is 46.5 Å². The van der Waals surface area contributed by atoms with E-state index in [1.807, 2.05) is 6.92 Å². The molecule has 2 aliphatic rings. The molecule has 1 heterocycles. The number of ether oxygens (including phenoxy) is 1. The van der Waals surface area contributed by atoms with Gasteiger partial charge in [0.15, 0.2) is 0 Å². The number of rotatable bonds is 6. The molecular weight excluding hydrogens is 238 g/mol. The van der Waals surface area contributed by atoms with Crippen LogP contribution in [0.15, 0.2) is 0 Å². The molecule has 2 fully saturated rings. The summed E-state index contributed by atoms with van der Waals surface area (Å²) < 4.78 is 5.54. The van der Waals surface area contributed by atoms with E-state index in [-0.39, 0.29) is 11.1 Å². The fourth-order valence-corrected chi connectivity index (χ4v) is 2.77. The summed E-state index contributed by atoms with van der Waals surface area (Å²) in [7, 11) is 0. The lowest BCUT2D eigenvalue weighted by Gasteiger charge is -2.42. The van der Waals surface area contributed by atoms with Gasteiger partial charge in [-0.05, 0) is 53.0 Å². The summed E-state index contributed by atoms with van der Waals surface area (Å²) in [5, 5.41) is 12.8. The van der Waals surface area contributed by atoms with Gasteiger partial charge in [0.05, 0.1) is 19.3 Å². The van der Waals surface area contributed by atoms with Crippen LogP contribution in [-0.4, -0.2) is 48.3 Å². The Labute approximate surface area is 117 Å². The van der Waals surface area contributed by atoms with Crippen LogP contribution in [0.5, 0.6) is 0 Å². The molecule has 1 saturated carbocycles. The molecule has 0 spiro atoms.